The summed E-state index contributed by atoms with van der Waals surface area (Å²) in [5.74, 6) is 1.16. The Morgan fingerprint density at radius 1 is 1.43 bits per heavy atom. The lowest BCUT2D eigenvalue weighted by Gasteiger charge is -2.30. The molecule has 2 aliphatic rings. The molecule has 0 fully saturated rings. The Morgan fingerprint density at radius 2 is 2.36 bits per heavy atom. The molecule has 0 saturated heterocycles. The third kappa shape index (κ3) is 1.07. The summed E-state index contributed by atoms with van der Waals surface area (Å²) in [6, 6.07) is 6.23. The van der Waals surface area contributed by atoms with Gasteiger partial charge < -0.3 is 10.2 Å². The van der Waals surface area contributed by atoms with Gasteiger partial charge in [-0.3, -0.25) is 4.99 Å². The number of amidine groups is 1. The normalized spacial score (nSPS) is 18.4. The van der Waals surface area contributed by atoms with E-state index >= 15 is 0 Å². The fraction of sp³-hybridized carbons (Fsp3) is 0.300. The maximum absolute atomic E-state index is 4.46. The molecule has 1 aromatic rings. The van der Waals surface area contributed by atoms with Gasteiger partial charge in [0.2, 0.25) is 0 Å². The molecule has 4 heteroatoms. The van der Waals surface area contributed by atoms with Gasteiger partial charge in [0.25, 0.3) is 0 Å². The van der Waals surface area contributed by atoms with E-state index < -0.39 is 0 Å². The first-order valence-corrected chi connectivity index (χ1v) is 5.49. The predicted molar refractivity (Wildman–Crippen MR) is 62.3 cm³/mol. The summed E-state index contributed by atoms with van der Waals surface area (Å²) in [7, 11) is 0. The molecule has 0 unspecified atom stereocenters. The first kappa shape index (κ1) is 8.29. The Balaban J connectivity index is 2.17. The van der Waals surface area contributed by atoms with Crippen molar-refractivity contribution in [3.63, 3.8) is 0 Å². The predicted octanol–water partition coefficient (Wildman–Crippen LogP) is 2.09. The molecular weight excluding hydrogens is 242 g/mol. The molecule has 0 saturated carbocycles. The summed E-state index contributed by atoms with van der Waals surface area (Å²) in [6.45, 7) is 2.77. The van der Waals surface area contributed by atoms with Gasteiger partial charge in [0, 0.05) is 11.0 Å². The molecule has 3 rings (SSSR count). The summed E-state index contributed by atoms with van der Waals surface area (Å²) in [5.41, 5.74) is 2.43. The van der Waals surface area contributed by atoms with Gasteiger partial charge in [0.1, 0.15) is 5.84 Å². The van der Waals surface area contributed by atoms with Crippen LogP contribution in [0, 0.1) is 0 Å². The maximum Gasteiger partial charge on any atom is 0.123 e. The van der Waals surface area contributed by atoms with Gasteiger partial charge in [-0.25, -0.2) is 0 Å². The van der Waals surface area contributed by atoms with Crippen molar-refractivity contribution in [2.75, 3.05) is 29.9 Å². The van der Waals surface area contributed by atoms with E-state index in [0.29, 0.717) is 0 Å². The Morgan fingerprint density at radius 3 is 3.29 bits per heavy atom. The van der Waals surface area contributed by atoms with Crippen LogP contribution >= 0.6 is 15.9 Å². The largest absolute Gasteiger partial charge is 0.376 e. The number of nitrogens with one attached hydrogen (secondary N) is 1. The van der Waals surface area contributed by atoms with Crippen LogP contribution in [0.1, 0.15) is 0 Å². The topological polar surface area (TPSA) is 27.6 Å². The summed E-state index contributed by atoms with van der Waals surface area (Å²) in [5, 5.41) is 3.37. The number of anilines is 2. The molecule has 0 aliphatic carbocycles. The fourth-order valence-electron chi connectivity index (χ4n) is 1.99. The van der Waals surface area contributed by atoms with Crippen LogP contribution in [0.3, 0.4) is 0 Å². The number of hydrogen-bond acceptors (Lipinski definition) is 3. The second kappa shape index (κ2) is 2.98. The van der Waals surface area contributed by atoms with E-state index in [-0.39, 0.29) is 0 Å². The van der Waals surface area contributed by atoms with E-state index in [4.69, 9.17) is 0 Å². The first-order chi connectivity index (χ1) is 6.86. The van der Waals surface area contributed by atoms with Crippen LogP contribution in [0.25, 0.3) is 0 Å². The van der Waals surface area contributed by atoms with E-state index in [1.165, 1.54) is 11.4 Å². The zero-order valence-electron chi connectivity index (χ0n) is 7.63. The number of fused-ring (bicyclic) bond motifs is 3. The van der Waals surface area contributed by atoms with E-state index in [2.05, 4.69) is 43.3 Å². The van der Waals surface area contributed by atoms with Crippen molar-refractivity contribution in [3.05, 3.63) is 22.7 Å². The quantitative estimate of drug-likeness (QED) is 0.765. The van der Waals surface area contributed by atoms with Crippen LogP contribution in [0.2, 0.25) is 0 Å². The van der Waals surface area contributed by atoms with Gasteiger partial charge in [-0.1, -0.05) is 6.07 Å². The molecule has 1 aromatic carbocycles. The second-order valence-electron chi connectivity index (χ2n) is 3.44. The van der Waals surface area contributed by atoms with Gasteiger partial charge in [-0.15, -0.1) is 0 Å². The SMILES string of the molecule is Brc1cccc2c1N1CCN=C1CN2. The molecular formula is C10H10BrN3. The average Bonchev–Trinajstić information content (AvgIpc) is 2.65. The summed E-state index contributed by atoms with van der Waals surface area (Å²) in [6.07, 6.45) is 0. The van der Waals surface area contributed by atoms with Crippen LogP contribution in [0.15, 0.2) is 27.7 Å². The molecule has 1 N–H and O–H groups in total. The number of rotatable bonds is 0. The van der Waals surface area contributed by atoms with Crippen LogP contribution in [-0.2, 0) is 0 Å². The van der Waals surface area contributed by atoms with Crippen LogP contribution in [0.4, 0.5) is 11.4 Å². The number of hydrogen-bond donors (Lipinski definition) is 1. The number of nitrogens with zero attached hydrogens (tertiary/aromatic N) is 2. The second-order valence-corrected chi connectivity index (χ2v) is 4.29. The summed E-state index contributed by atoms with van der Waals surface area (Å²) in [4.78, 5) is 6.74. The Bertz CT molecular complexity index is 414. The fourth-order valence-corrected chi connectivity index (χ4v) is 2.57. The van der Waals surface area contributed by atoms with E-state index in [9.17, 15) is 0 Å². The number of benzene rings is 1. The van der Waals surface area contributed by atoms with Gasteiger partial charge in [-0.05, 0) is 28.1 Å². The Labute approximate surface area is 91.0 Å². The lowest BCUT2D eigenvalue weighted by Crippen LogP contribution is -2.37. The van der Waals surface area contributed by atoms with Crippen LogP contribution in [0.5, 0.6) is 0 Å². The minimum atomic E-state index is 0.851. The molecule has 0 spiro atoms. The maximum atomic E-state index is 4.46. The van der Waals surface area contributed by atoms with Crippen molar-refractivity contribution in [1.29, 1.82) is 0 Å². The lowest BCUT2D eigenvalue weighted by atomic mass is 10.2. The van der Waals surface area contributed by atoms with Crippen molar-refractivity contribution in [1.82, 2.24) is 0 Å². The number of halogens is 1. The van der Waals surface area contributed by atoms with Crippen molar-refractivity contribution in [3.8, 4) is 0 Å². The van der Waals surface area contributed by atoms with Gasteiger partial charge in [-0.2, -0.15) is 0 Å². The van der Waals surface area contributed by atoms with Gasteiger partial charge in [0.15, 0.2) is 0 Å². The lowest BCUT2D eigenvalue weighted by molar-refractivity contribution is 1.01. The molecule has 0 bridgehead atoms. The van der Waals surface area contributed by atoms with E-state index in [0.717, 1.165) is 29.9 Å². The molecule has 0 radical (unpaired) electrons. The molecule has 72 valence electrons. The summed E-state index contributed by atoms with van der Waals surface area (Å²) >= 11 is 3.58. The van der Waals surface area contributed by atoms with E-state index in [1.54, 1.807) is 0 Å². The highest BCUT2D eigenvalue weighted by Crippen LogP contribution is 2.37. The Hall–Kier alpha value is -1.03. The van der Waals surface area contributed by atoms with Crippen molar-refractivity contribution < 1.29 is 0 Å². The number of para-hydroxylation sites is 1. The molecule has 3 nitrogen and oxygen atoms in total. The summed E-state index contributed by atoms with van der Waals surface area (Å²) < 4.78 is 1.14. The van der Waals surface area contributed by atoms with Gasteiger partial charge >= 0.3 is 0 Å². The van der Waals surface area contributed by atoms with Crippen molar-refractivity contribution in [2.45, 2.75) is 0 Å². The third-order valence-corrected chi connectivity index (χ3v) is 3.26. The highest BCUT2D eigenvalue weighted by atomic mass is 79.9. The van der Waals surface area contributed by atoms with Gasteiger partial charge in [0.05, 0.1) is 24.5 Å². The molecule has 2 heterocycles. The molecule has 14 heavy (non-hydrogen) atoms. The standard InChI is InChI=1S/C10H10BrN3/c11-7-2-1-3-8-10(7)14-5-4-12-9(14)6-13-8/h1-3,13H,4-6H2. The van der Waals surface area contributed by atoms with Crippen molar-refractivity contribution >= 4 is 33.1 Å². The molecule has 0 atom stereocenters. The van der Waals surface area contributed by atoms with E-state index in [1.807, 2.05) is 6.07 Å². The minimum absolute atomic E-state index is 0.851. The smallest absolute Gasteiger partial charge is 0.123 e. The number of aliphatic imine (C=N–C) groups is 1. The highest BCUT2D eigenvalue weighted by molar-refractivity contribution is 9.10. The highest BCUT2D eigenvalue weighted by Gasteiger charge is 2.26. The van der Waals surface area contributed by atoms with Crippen molar-refractivity contribution in [2.24, 2.45) is 4.99 Å². The zero-order chi connectivity index (χ0) is 9.54. The zero-order valence-corrected chi connectivity index (χ0v) is 9.21. The third-order valence-electron chi connectivity index (χ3n) is 2.62. The molecule has 0 aromatic heterocycles. The molecule has 0 amide bonds. The van der Waals surface area contributed by atoms with Crippen LogP contribution < -0.4 is 10.2 Å². The molecule has 2 aliphatic heterocycles. The Kier molecular flexibility index (Phi) is 1.77. The first-order valence-electron chi connectivity index (χ1n) is 4.69. The minimum Gasteiger partial charge on any atom is -0.376 e. The van der Waals surface area contributed by atoms with Crippen LogP contribution in [-0.4, -0.2) is 25.5 Å². The average molecular weight is 252 g/mol. The monoisotopic (exact) mass is 251 g/mol.